The van der Waals surface area contributed by atoms with Crippen LogP contribution in [0.4, 0.5) is 0 Å². The van der Waals surface area contributed by atoms with Crippen molar-refractivity contribution in [2.45, 2.75) is 30.2 Å². The minimum Gasteiger partial charge on any atom is -0.394 e. The van der Waals surface area contributed by atoms with Crippen molar-refractivity contribution in [2.75, 3.05) is 6.61 Å². The van der Waals surface area contributed by atoms with E-state index in [0.29, 0.717) is 5.56 Å². The summed E-state index contributed by atoms with van der Waals surface area (Å²) in [6.45, 7) is 1.27. The van der Waals surface area contributed by atoms with Gasteiger partial charge in [0.25, 0.3) is 5.56 Å². The van der Waals surface area contributed by atoms with E-state index in [2.05, 4.69) is 20.9 Å². The summed E-state index contributed by atoms with van der Waals surface area (Å²) in [7, 11) is 0. The summed E-state index contributed by atoms with van der Waals surface area (Å²) in [5, 5.41) is 19.0. The number of aryl methyl sites for hydroxylation is 1. The molecule has 7 nitrogen and oxygen atoms in total. The summed E-state index contributed by atoms with van der Waals surface area (Å²) in [5.41, 5.74) is -0.797. The molecule has 0 bridgehead atoms. The molecule has 1 aliphatic rings. The first-order chi connectivity index (χ1) is 8.45. The number of H-pyrrole nitrogens is 1. The zero-order valence-corrected chi connectivity index (χ0v) is 11.1. The molecule has 0 saturated carbocycles. The molecule has 18 heavy (non-hydrogen) atoms. The molecule has 0 spiro atoms. The van der Waals surface area contributed by atoms with Gasteiger partial charge in [-0.15, -0.1) is 0 Å². The maximum Gasteiger partial charge on any atom is 0.330 e. The number of alkyl halides is 1. The van der Waals surface area contributed by atoms with E-state index in [0.717, 1.165) is 4.57 Å². The SMILES string of the molecule is Cc1cn([C@@H]2O[C@H](CO)[C@H](Br)[C@H]2O)c(=O)[nH]c1=O. The van der Waals surface area contributed by atoms with Crippen LogP contribution in [0.5, 0.6) is 0 Å². The number of aromatic nitrogens is 2. The Kier molecular flexibility index (Phi) is 3.71. The first-order valence-electron chi connectivity index (χ1n) is 5.36. The third-order valence-electron chi connectivity index (χ3n) is 2.89. The maximum absolute atomic E-state index is 11.7. The topological polar surface area (TPSA) is 105 Å². The maximum atomic E-state index is 11.7. The molecule has 1 aromatic heterocycles. The average molecular weight is 321 g/mol. The summed E-state index contributed by atoms with van der Waals surface area (Å²) in [4.78, 5) is 24.6. The third kappa shape index (κ3) is 2.16. The fraction of sp³-hybridized carbons (Fsp3) is 0.600. The monoisotopic (exact) mass is 320 g/mol. The van der Waals surface area contributed by atoms with Crippen molar-refractivity contribution < 1.29 is 14.9 Å². The van der Waals surface area contributed by atoms with Gasteiger partial charge in [-0.05, 0) is 6.92 Å². The summed E-state index contributed by atoms with van der Waals surface area (Å²) in [6, 6.07) is 0. The largest absolute Gasteiger partial charge is 0.394 e. The Bertz CT molecular complexity index is 554. The van der Waals surface area contributed by atoms with Crippen molar-refractivity contribution in [3.63, 3.8) is 0 Å². The minimum absolute atomic E-state index is 0.277. The lowest BCUT2D eigenvalue weighted by Gasteiger charge is -2.17. The normalized spacial score (nSPS) is 31.8. The van der Waals surface area contributed by atoms with E-state index < -0.39 is 34.5 Å². The van der Waals surface area contributed by atoms with E-state index in [1.54, 1.807) is 6.92 Å². The number of rotatable bonds is 2. The van der Waals surface area contributed by atoms with Crippen LogP contribution in [-0.4, -0.2) is 43.4 Å². The van der Waals surface area contributed by atoms with Crippen LogP contribution < -0.4 is 11.2 Å². The second kappa shape index (κ2) is 4.96. The smallest absolute Gasteiger partial charge is 0.330 e. The van der Waals surface area contributed by atoms with Crippen molar-refractivity contribution in [3.05, 3.63) is 32.6 Å². The van der Waals surface area contributed by atoms with Gasteiger partial charge in [0, 0.05) is 11.8 Å². The predicted molar refractivity (Wildman–Crippen MR) is 65.8 cm³/mol. The molecule has 2 heterocycles. The second-order valence-corrected chi connectivity index (χ2v) is 5.22. The van der Waals surface area contributed by atoms with Gasteiger partial charge in [0.1, 0.15) is 6.10 Å². The van der Waals surface area contributed by atoms with Gasteiger partial charge in [0.2, 0.25) is 0 Å². The number of aliphatic hydroxyl groups is 2. The number of ether oxygens (including phenoxy) is 1. The molecule has 8 heteroatoms. The average Bonchev–Trinajstić information content (AvgIpc) is 2.61. The lowest BCUT2D eigenvalue weighted by atomic mass is 10.2. The molecule has 0 unspecified atom stereocenters. The van der Waals surface area contributed by atoms with E-state index >= 15 is 0 Å². The Morgan fingerprint density at radius 3 is 2.78 bits per heavy atom. The van der Waals surface area contributed by atoms with Crippen LogP contribution in [0.15, 0.2) is 15.8 Å². The summed E-state index contributed by atoms with van der Waals surface area (Å²) in [6.07, 6.45) is -1.21. The van der Waals surface area contributed by atoms with Gasteiger partial charge in [-0.25, -0.2) is 4.79 Å². The molecule has 1 aliphatic heterocycles. The highest BCUT2D eigenvalue weighted by Gasteiger charge is 2.43. The Balaban J connectivity index is 2.42. The van der Waals surface area contributed by atoms with Crippen LogP contribution in [0.3, 0.4) is 0 Å². The molecule has 0 amide bonds. The van der Waals surface area contributed by atoms with Gasteiger partial charge in [0.05, 0.1) is 17.5 Å². The summed E-state index contributed by atoms with van der Waals surface area (Å²) < 4.78 is 6.51. The van der Waals surface area contributed by atoms with Crippen LogP contribution in [0.1, 0.15) is 11.8 Å². The summed E-state index contributed by atoms with van der Waals surface area (Å²) >= 11 is 3.20. The first kappa shape index (κ1) is 13.5. The van der Waals surface area contributed by atoms with Crippen LogP contribution in [0, 0.1) is 6.92 Å². The highest BCUT2D eigenvalue weighted by Crippen LogP contribution is 2.32. The lowest BCUT2D eigenvalue weighted by molar-refractivity contribution is -0.0530. The van der Waals surface area contributed by atoms with E-state index in [1.807, 2.05) is 0 Å². The number of aromatic amines is 1. The third-order valence-corrected chi connectivity index (χ3v) is 4.02. The predicted octanol–water partition coefficient (Wildman–Crippen LogP) is -1.14. The molecule has 0 aliphatic carbocycles. The molecular weight excluding hydrogens is 308 g/mol. The lowest BCUT2D eigenvalue weighted by Crippen LogP contribution is -2.37. The Labute approximate surface area is 110 Å². The molecule has 100 valence electrons. The van der Waals surface area contributed by atoms with E-state index in [9.17, 15) is 14.7 Å². The van der Waals surface area contributed by atoms with Gasteiger partial charge in [-0.3, -0.25) is 14.3 Å². The molecule has 3 N–H and O–H groups in total. The van der Waals surface area contributed by atoms with Gasteiger partial charge in [-0.1, -0.05) is 15.9 Å². The molecule has 2 rings (SSSR count). The van der Waals surface area contributed by atoms with Crippen molar-refractivity contribution in [3.8, 4) is 0 Å². The molecule has 1 saturated heterocycles. The van der Waals surface area contributed by atoms with Crippen molar-refractivity contribution in [2.24, 2.45) is 0 Å². The summed E-state index contributed by atoms with van der Waals surface area (Å²) in [5.74, 6) is 0. The standard InChI is InChI=1S/C10H13BrN2O5/c1-4-2-13(10(17)12-8(4)16)9-7(15)6(11)5(3-14)18-9/h2,5-7,9,14-15H,3H2,1H3,(H,12,16,17)/t5-,6+,7-,9-/m1/s1. The molecule has 0 aromatic carbocycles. The number of halogens is 1. The minimum atomic E-state index is -0.995. The van der Waals surface area contributed by atoms with Crippen molar-refractivity contribution in [1.29, 1.82) is 0 Å². The van der Waals surface area contributed by atoms with Gasteiger partial charge < -0.3 is 14.9 Å². The molecular formula is C10H13BrN2O5. The van der Waals surface area contributed by atoms with E-state index in [4.69, 9.17) is 9.84 Å². The number of nitrogens with one attached hydrogen (secondary N) is 1. The van der Waals surface area contributed by atoms with Crippen LogP contribution in [0.25, 0.3) is 0 Å². The van der Waals surface area contributed by atoms with E-state index in [-0.39, 0.29) is 6.61 Å². The molecule has 0 radical (unpaired) electrons. The fourth-order valence-corrected chi connectivity index (χ4v) is 2.41. The zero-order valence-electron chi connectivity index (χ0n) is 9.54. The van der Waals surface area contributed by atoms with Crippen LogP contribution >= 0.6 is 15.9 Å². The van der Waals surface area contributed by atoms with Gasteiger partial charge in [-0.2, -0.15) is 0 Å². The second-order valence-electron chi connectivity index (χ2n) is 4.16. The van der Waals surface area contributed by atoms with Crippen LogP contribution in [-0.2, 0) is 4.74 Å². The van der Waals surface area contributed by atoms with Crippen molar-refractivity contribution in [1.82, 2.24) is 9.55 Å². The Morgan fingerprint density at radius 1 is 1.56 bits per heavy atom. The fourth-order valence-electron chi connectivity index (χ4n) is 1.86. The van der Waals surface area contributed by atoms with Gasteiger partial charge >= 0.3 is 5.69 Å². The van der Waals surface area contributed by atoms with Crippen LogP contribution in [0.2, 0.25) is 0 Å². The number of hydrogen-bond donors (Lipinski definition) is 3. The quantitative estimate of drug-likeness (QED) is 0.597. The number of nitrogens with zero attached hydrogens (tertiary/aromatic N) is 1. The highest BCUT2D eigenvalue weighted by molar-refractivity contribution is 9.09. The molecule has 4 atom stereocenters. The zero-order chi connectivity index (χ0) is 13.4. The molecule has 1 aromatic rings. The number of aliphatic hydroxyl groups excluding tert-OH is 2. The Morgan fingerprint density at radius 2 is 2.22 bits per heavy atom. The highest BCUT2D eigenvalue weighted by atomic mass is 79.9. The molecule has 1 fully saturated rings. The van der Waals surface area contributed by atoms with E-state index in [1.165, 1.54) is 6.20 Å². The number of hydrogen-bond acceptors (Lipinski definition) is 5. The Hall–Kier alpha value is -0.960. The van der Waals surface area contributed by atoms with Gasteiger partial charge in [0.15, 0.2) is 6.23 Å². The first-order valence-corrected chi connectivity index (χ1v) is 6.27. The van der Waals surface area contributed by atoms with Crippen molar-refractivity contribution >= 4 is 15.9 Å².